The van der Waals surface area contributed by atoms with Crippen molar-refractivity contribution in [2.75, 3.05) is 16.8 Å². The minimum atomic E-state index is -0.0156. The summed E-state index contributed by atoms with van der Waals surface area (Å²) in [7, 11) is 0. The second-order valence-corrected chi connectivity index (χ2v) is 6.61. The van der Waals surface area contributed by atoms with Crippen molar-refractivity contribution in [3.8, 4) is 0 Å². The fourth-order valence-electron chi connectivity index (χ4n) is 1.88. The van der Waals surface area contributed by atoms with E-state index in [4.69, 9.17) is 5.73 Å². The van der Waals surface area contributed by atoms with E-state index in [9.17, 15) is 4.79 Å². The SMILES string of the molecule is Cc1cccc(CSCC(=O)Nc2ccc(N)cc2Br)c1. The lowest BCUT2D eigenvalue weighted by molar-refractivity contribution is -0.113. The molecule has 2 rings (SSSR count). The Morgan fingerprint density at radius 3 is 2.81 bits per heavy atom. The Bertz CT molecular complexity index is 646. The molecule has 0 aromatic heterocycles. The van der Waals surface area contributed by atoms with Crippen molar-refractivity contribution >= 4 is 45.0 Å². The van der Waals surface area contributed by atoms with Crippen molar-refractivity contribution < 1.29 is 4.79 Å². The van der Waals surface area contributed by atoms with Crippen LogP contribution >= 0.6 is 27.7 Å². The first-order valence-electron chi connectivity index (χ1n) is 6.53. The Balaban J connectivity index is 1.82. The van der Waals surface area contributed by atoms with Crippen LogP contribution in [0.4, 0.5) is 11.4 Å². The number of carbonyl (C=O) groups excluding carboxylic acids is 1. The van der Waals surface area contributed by atoms with Crippen LogP contribution in [0.25, 0.3) is 0 Å². The molecule has 3 N–H and O–H groups in total. The van der Waals surface area contributed by atoms with Gasteiger partial charge in [0.25, 0.3) is 0 Å². The fourth-order valence-corrected chi connectivity index (χ4v) is 3.15. The van der Waals surface area contributed by atoms with Crippen LogP contribution in [-0.2, 0) is 10.5 Å². The van der Waals surface area contributed by atoms with Gasteiger partial charge in [-0.1, -0.05) is 29.8 Å². The summed E-state index contributed by atoms with van der Waals surface area (Å²) in [6.07, 6.45) is 0. The van der Waals surface area contributed by atoms with E-state index in [2.05, 4.69) is 46.4 Å². The van der Waals surface area contributed by atoms with E-state index >= 15 is 0 Å². The molecule has 5 heteroatoms. The number of anilines is 2. The van der Waals surface area contributed by atoms with E-state index < -0.39 is 0 Å². The molecule has 2 aromatic rings. The molecule has 0 bridgehead atoms. The lowest BCUT2D eigenvalue weighted by atomic mass is 10.2. The molecular formula is C16H17BrN2OS. The minimum absolute atomic E-state index is 0.0156. The van der Waals surface area contributed by atoms with Gasteiger partial charge in [0, 0.05) is 15.9 Å². The smallest absolute Gasteiger partial charge is 0.234 e. The molecule has 110 valence electrons. The summed E-state index contributed by atoms with van der Waals surface area (Å²) < 4.78 is 0.791. The predicted octanol–water partition coefficient (Wildman–Crippen LogP) is 4.21. The highest BCUT2D eigenvalue weighted by molar-refractivity contribution is 9.10. The number of thioether (sulfide) groups is 1. The van der Waals surface area contributed by atoms with Crippen molar-refractivity contribution in [1.82, 2.24) is 0 Å². The summed E-state index contributed by atoms with van der Waals surface area (Å²) in [5.74, 6) is 1.24. The molecule has 0 aliphatic rings. The van der Waals surface area contributed by atoms with Gasteiger partial charge >= 0.3 is 0 Å². The molecular weight excluding hydrogens is 348 g/mol. The van der Waals surface area contributed by atoms with Gasteiger partial charge in [-0.2, -0.15) is 0 Å². The van der Waals surface area contributed by atoms with Crippen LogP contribution < -0.4 is 11.1 Å². The predicted molar refractivity (Wildman–Crippen MR) is 94.5 cm³/mol. The van der Waals surface area contributed by atoms with Crippen LogP contribution in [0.3, 0.4) is 0 Å². The van der Waals surface area contributed by atoms with Crippen molar-refractivity contribution in [2.24, 2.45) is 0 Å². The third kappa shape index (κ3) is 5.10. The van der Waals surface area contributed by atoms with Crippen LogP contribution in [0.15, 0.2) is 46.9 Å². The number of aryl methyl sites for hydroxylation is 1. The molecule has 0 aliphatic carbocycles. The molecule has 0 saturated heterocycles. The summed E-state index contributed by atoms with van der Waals surface area (Å²) in [6, 6.07) is 13.7. The number of nitrogens with one attached hydrogen (secondary N) is 1. The number of hydrogen-bond acceptors (Lipinski definition) is 3. The van der Waals surface area contributed by atoms with Gasteiger partial charge in [0.2, 0.25) is 5.91 Å². The summed E-state index contributed by atoms with van der Waals surface area (Å²) >= 11 is 4.99. The second kappa shape index (κ2) is 7.52. The largest absolute Gasteiger partial charge is 0.399 e. The third-order valence-electron chi connectivity index (χ3n) is 2.85. The summed E-state index contributed by atoms with van der Waals surface area (Å²) in [6.45, 7) is 2.07. The molecule has 0 radical (unpaired) electrons. The van der Waals surface area contributed by atoms with E-state index in [1.807, 2.05) is 6.07 Å². The Kier molecular flexibility index (Phi) is 5.70. The Morgan fingerprint density at radius 1 is 1.29 bits per heavy atom. The van der Waals surface area contributed by atoms with Crippen LogP contribution in [0.1, 0.15) is 11.1 Å². The summed E-state index contributed by atoms with van der Waals surface area (Å²) in [4.78, 5) is 11.9. The molecule has 0 heterocycles. The first-order valence-corrected chi connectivity index (χ1v) is 8.47. The lowest BCUT2D eigenvalue weighted by Gasteiger charge is -2.08. The first kappa shape index (κ1) is 15.9. The number of hydrogen-bond donors (Lipinski definition) is 2. The molecule has 3 nitrogen and oxygen atoms in total. The zero-order chi connectivity index (χ0) is 15.2. The van der Waals surface area contributed by atoms with E-state index in [1.54, 1.807) is 30.0 Å². The zero-order valence-corrected chi connectivity index (χ0v) is 14.1. The maximum atomic E-state index is 11.9. The highest BCUT2D eigenvalue weighted by atomic mass is 79.9. The number of halogens is 1. The maximum absolute atomic E-state index is 11.9. The summed E-state index contributed by atoms with van der Waals surface area (Å²) in [5.41, 5.74) is 9.55. The number of nitrogen functional groups attached to an aromatic ring is 1. The number of amides is 1. The summed E-state index contributed by atoms with van der Waals surface area (Å²) in [5, 5.41) is 2.87. The van der Waals surface area contributed by atoms with Crippen LogP contribution in [0.2, 0.25) is 0 Å². The van der Waals surface area contributed by atoms with E-state index in [0.717, 1.165) is 15.9 Å². The van der Waals surface area contributed by atoms with Crippen LogP contribution in [-0.4, -0.2) is 11.7 Å². The topological polar surface area (TPSA) is 55.1 Å². The van der Waals surface area contributed by atoms with Gasteiger partial charge < -0.3 is 11.1 Å². The highest BCUT2D eigenvalue weighted by Gasteiger charge is 2.06. The van der Waals surface area contributed by atoms with Crippen molar-refractivity contribution in [3.63, 3.8) is 0 Å². The fraction of sp³-hybridized carbons (Fsp3) is 0.188. The van der Waals surface area contributed by atoms with E-state index in [1.165, 1.54) is 11.1 Å². The van der Waals surface area contributed by atoms with Crippen molar-refractivity contribution in [2.45, 2.75) is 12.7 Å². The molecule has 1 amide bonds. The average Bonchev–Trinajstić information content (AvgIpc) is 2.42. The molecule has 0 saturated carbocycles. The highest BCUT2D eigenvalue weighted by Crippen LogP contribution is 2.25. The first-order chi connectivity index (χ1) is 10.0. The van der Waals surface area contributed by atoms with Gasteiger partial charge in [-0.3, -0.25) is 4.79 Å². The maximum Gasteiger partial charge on any atom is 0.234 e. The Morgan fingerprint density at radius 2 is 2.10 bits per heavy atom. The Hall–Kier alpha value is -1.46. The van der Waals surface area contributed by atoms with Crippen LogP contribution in [0, 0.1) is 6.92 Å². The Labute approximate surface area is 137 Å². The minimum Gasteiger partial charge on any atom is -0.399 e. The third-order valence-corrected chi connectivity index (χ3v) is 4.51. The monoisotopic (exact) mass is 364 g/mol. The lowest BCUT2D eigenvalue weighted by Crippen LogP contribution is -2.14. The van der Waals surface area contributed by atoms with Crippen molar-refractivity contribution in [1.29, 1.82) is 0 Å². The number of nitrogens with two attached hydrogens (primary N) is 1. The molecule has 0 atom stereocenters. The molecule has 0 aliphatic heterocycles. The van der Waals surface area contributed by atoms with Crippen molar-refractivity contribution in [3.05, 3.63) is 58.1 Å². The number of carbonyl (C=O) groups is 1. The van der Waals surface area contributed by atoms with Gasteiger partial charge in [-0.25, -0.2) is 0 Å². The second-order valence-electron chi connectivity index (χ2n) is 4.77. The standard InChI is InChI=1S/C16H17BrN2OS/c1-11-3-2-4-12(7-11)9-21-10-16(20)19-15-6-5-13(18)8-14(15)17/h2-8H,9-10,18H2,1H3,(H,19,20). The normalized spacial score (nSPS) is 10.4. The molecule has 0 unspecified atom stereocenters. The van der Waals surface area contributed by atoms with Crippen LogP contribution in [0.5, 0.6) is 0 Å². The quantitative estimate of drug-likeness (QED) is 0.781. The van der Waals surface area contributed by atoms with E-state index in [0.29, 0.717) is 11.4 Å². The average molecular weight is 365 g/mol. The number of rotatable bonds is 5. The van der Waals surface area contributed by atoms with Gasteiger partial charge in [-0.05, 0) is 46.6 Å². The molecule has 0 fully saturated rings. The van der Waals surface area contributed by atoms with Gasteiger partial charge in [0.1, 0.15) is 0 Å². The zero-order valence-electron chi connectivity index (χ0n) is 11.7. The number of benzene rings is 2. The van der Waals surface area contributed by atoms with Gasteiger partial charge in [0.15, 0.2) is 0 Å². The molecule has 2 aromatic carbocycles. The molecule has 21 heavy (non-hydrogen) atoms. The van der Waals surface area contributed by atoms with Gasteiger partial charge in [-0.15, -0.1) is 11.8 Å². The van der Waals surface area contributed by atoms with E-state index in [-0.39, 0.29) is 5.91 Å². The van der Waals surface area contributed by atoms with Gasteiger partial charge in [0.05, 0.1) is 11.4 Å². The molecule has 0 spiro atoms.